The molecule has 0 radical (unpaired) electrons. The monoisotopic (exact) mass is 382 g/mol. The van der Waals surface area contributed by atoms with Crippen LogP contribution in [0.2, 0.25) is 0 Å². The lowest BCUT2D eigenvalue weighted by Crippen LogP contribution is -1.99. The smallest absolute Gasteiger partial charge is 0.226 e. The maximum absolute atomic E-state index is 5.61. The molecule has 0 aliphatic carbocycles. The van der Waals surface area contributed by atoms with Gasteiger partial charge in [-0.25, -0.2) is 4.98 Å². The number of rotatable bonds is 7. The van der Waals surface area contributed by atoms with Gasteiger partial charge in [0.15, 0.2) is 16.7 Å². The van der Waals surface area contributed by atoms with Crippen molar-refractivity contribution in [2.45, 2.75) is 24.4 Å². The van der Waals surface area contributed by atoms with Crippen LogP contribution in [0.4, 0.5) is 0 Å². The van der Waals surface area contributed by atoms with Gasteiger partial charge in [0, 0.05) is 17.9 Å². The number of hydrogen-bond acceptors (Lipinski definition) is 7. The number of nitrogens with zero attached hydrogens (tertiary/aromatic N) is 4. The highest BCUT2D eigenvalue weighted by molar-refractivity contribution is 7.98. The zero-order valence-electron chi connectivity index (χ0n) is 15.0. The van der Waals surface area contributed by atoms with Crippen molar-refractivity contribution >= 4 is 11.8 Å². The van der Waals surface area contributed by atoms with Gasteiger partial charge < -0.3 is 13.6 Å². The molecule has 0 amide bonds. The van der Waals surface area contributed by atoms with E-state index < -0.39 is 0 Å². The predicted molar refractivity (Wildman–Crippen MR) is 101 cm³/mol. The zero-order chi connectivity index (χ0) is 18.6. The number of oxazole rings is 1. The van der Waals surface area contributed by atoms with Gasteiger partial charge in [-0.05, 0) is 43.3 Å². The molecule has 0 spiro atoms. The molecule has 0 saturated heterocycles. The van der Waals surface area contributed by atoms with Gasteiger partial charge in [0.05, 0.1) is 19.1 Å². The summed E-state index contributed by atoms with van der Waals surface area (Å²) in [6, 6.07) is 11.3. The molecule has 3 heterocycles. The van der Waals surface area contributed by atoms with Gasteiger partial charge in [-0.1, -0.05) is 11.8 Å². The third kappa shape index (κ3) is 3.61. The van der Waals surface area contributed by atoms with E-state index in [0.29, 0.717) is 17.4 Å². The minimum absolute atomic E-state index is 0.585. The van der Waals surface area contributed by atoms with Crippen molar-refractivity contribution < 1.29 is 13.6 Å². The molecule has 0 bridgehead atoms. The Labute approximate surface area is 160 Å². The van der Waals surface area contributed by atoms with Crippen molar-refractivity contribution in [2.75, 3.05) is 7.11 Å². The fourth-order valence-corrected chi connectivity index (χ4v) is 3.53. The van der Waals surface area contributed by atoms with E-state index >= 15 is 0 Å². The Balaban J connectivity index is 1.47. The van der Waals surface area contributed by atoms with Crippen molar-refractivity contribution in [2.24, 2.45) is 0 Å². The van der Waals surface area contributed by atoms with E-state index in [9.17, 15) is 0 Å². The molecule has 0 aliphatic rings. The second-order valence-corrected chi connectivity index (χ2v) is 6.63. The van der Waals surface area contributed by atoms with Crippen molar-refractivity contribution in [3.05, 3.63) is 54.6 Å². The Morgan fingerprint density at radius 3 is 2.67 bits per heavy atom. The van der Waals surface area contributed by atoms with E-state index in [0.717, 1.165) is 34.5 Å². The minimum Gasteiger partial charge on any atom is -0.497 e. The molecule has 27 heavy (non-hydrogen) atoms. The lowest BCUT2D eigenvalue weighted by Gasteiger charge is -2.04. The predicted octanol–water partition coefficient (Wildman–Crippen LogP) is 4.51. The van der Waals surface area contributed by atoms with Gasteiger partial charge in [0.1, 0.15) is 12.0 Å². The molecule has 0 N–H and O–H groups in total. The summed E-state index contributed by atoms with van der Waals surface area (Å²) in [7, 11) is 1.64. The summed E-state index contributed by atoms with van der Waals surface area (Å²) in [6.45, 7) is 2.80. The third-order valence-corrected chi connectivity index (χ3v) is 5.01. The highest BCUT2D eigenvalue weighted by Crippen LogP contribution is 2.28. The third-order valence-electron chi connectivity index (χ3n) is 4.01. The van der Waals surface area contributed by atoms with Crippen LogP contribution in [0.25, 0.3) is 23.0 Å². The van der Waals surface area contributed by atoms with Crippen molar-refractivity contribution in [1.82, 2.24) is 19.7 Å². The second kappa shape index (κ2) is 7.71. The standard InChI is InChI=1S/C19H18N4O3S/c1-3-23-17(16-5-4-10-25-16)21-22-19(23)27-12-14-11-26-18(20-14)13-6-8-15(24-2)9-7-13/h4-11H,3,12H2,1-2H3. The van der Waals surface area contributed by atoms with Crippen LogP contribution < -0.4 is 4.74 Å². The normalized spacial score (nSPS) is 11.0. The van der Waals surface area contributed by atoms with Crippen molar-refractivity contribution in [3.63, 3.8) is 0 Å². The highest BCUT2D eigenvalue weighted by atomic mass is 32.2. The molecule has 0 fully saturated rings. The van der Waals surface area contributed by atoms with Gasteiger partial charge >= 0.3 is 0 Å². The van der Waals surface area contributed by atoms with Crippen LogP contribution >= 0.6 is 11.8 Å². The molecule has 1 aromatic carbocycles. The second-order valence-electron chi connectivity index (χ2n) is 5.69. The summed E-state index contributed by atoms with van der Waals surface area (Å²) >= 11 is 1.56. The van der Waals surface area contributed by atoms with Gasteiger partial charge in [-0.3, -0.25) is 4.57 Å². The molecular formula is C19H18N4O3S. The molecule has 0 saturated carbocycles. The summed E-state index contributed by atoms with van der Waals surface area (Å²) in [6.07, 6.45) is 3.31. The fourth-order valence-electron chi connectivity index (χ4n) is 2.65. The summed E-state index contributed by atoms with van der Waals surface area (Å²) in [5.74, 6) is 3.45. The average Bonchev–Trinajstić information content (AvgIpc) is 3.46. The first kappa shape index (κ1) is 17.4. The highest BCUT2D eigenvalue weighted by Gasteiger charge is 2.16. The van der Waals surface area contributed by atoms with Crippen LogP contribution in [0.15, 0.2) is 62.9 Å². The summed E-state index contributed by atoms with van der Waals surface area (Å²) in [4.78, 5) is 4.56. The maximum Gasteiger partial charge on any atom is 0.226 e. The fraction of sp³-hybridized carbons (Fsp3) is 0.211. The van der Waals surface area contributed by atoms with Crippen LogP contribution in [0.3, 0.4) is 0 Å². The van der Waals surface area contributed by atoms with Gasteiger partial charge in [-0.2, -0.15) is 0 Å². The van der Waals surface area contributed by atoms with Gasteiger partial charge in [-0.15, -0.1) is 10.2 Å². The van der Waals surface area contributed by atoms with Crippen molar-refractivity contribution in [3.8, 4) is 28.8 Å². The number of hydrogen-bond donors (Lipinski definition) is 0. The van der Waals surface area contributed by atoms with Crippen LogP contribution in [-0.2, 0) is 12.3 Å². The Morgan fingerprint density at radius 2 is 1.96 bits per heavy atom. The first-order valence-corrected chi connectivity index (χ1v) is 9.45. The lowest BCUT2D eigenvalue weighted by atomic mass is 10.2. The number of methoxy groups -OCH3 is 1. The van der Waals surface area contributed by atoms with Crippen LogP contribution in [0.1, 0.15) is 12.6 Å². The average molecular weight is 382 g/mol. The Hall–Kier alpha value is -3.00. The molecule has 0 atom stereocenters. The molecule has 4 aromatic rings. The molecule has 7 nitrogen and oxygen atoms in total. The Bertz CT molecular complexity index is 1010. The van der Waals surface area contributed by atoms with E-state index in [1.54, 1.807) is 31.4 Å². The Kier molecular flexibility index (Phi) is 4.97. The van der Waals surface area contributed by atoms with Crippen LogP contribution in [-0.4, -0.2) is 26.9 Å². The number of thioether (sulfide) groups is 1. The van der Waals surface area contributed by atoms with E-state index in [2.05, 4.69) is 22.1 Å². The summed E-state index contributed by atoms with van der Waals surface area (Å²) in [5.41, 5.74) is 1.75. The van der Waals surface area contributed by atoms with Crippen LogP contribution in [0, 0.1) is 0 Å². The number of benzene rings is 1. The van der Waals surface area contributed by atoms with Gasteiger partial charge in [0.2, 0.25) is 5.89 Å². The van der Waals surface area contributed by atoms with Crippen molar-refractivity contribution in [1.29, 1.82) is 0 Å². The van der Waals surface area contributed by atoms with E-state index in [-0.39, 0.29) is 0 Å². The van der Waals surface area contributed by atoms with Crippen LogP contribution in [0.5, 0.6) is 5.75 Å². The largest absolute Gasteiger partial charge is 0.497 e. The summed E-state index contributed by atoms with van der Waals surface area (Å²) in [5, 5.41) is 9.36. The molecule has 0 aliphatic heterocycles. The molecule has 8 heteroatoms. The number of ether oxygens (including phenoxy) is 1. The van der Waals surface area contributed by atoms with E-state index in [1.165, 1.54) is 0 Å². The molecule has 4 rings (SSSR count). The number of aromatic nitrogens is 4. The zero-order valence-corrected chi connectivity index (χ0v) is 15.8. The topological polar surface area (TPSA) is 79.1 Å². The minimum atomic E-state index is 0.585. The maximum atomic E-state index is 5.61. The first-order chi connectivity index (χ1) is 13.3. The Morgan fingerprint density at radius 1 is 1.11 bits per heavy atom. The molecule has 3 aromatic heterocycles. The molecular weight excluding hydrogens is 364 g/mol. The molecule has 138 valence electrons. The number of furan rings is 1. The van der Waals surface area contributed by atoms with Gasteiger partial charge in [0.25, 0.3) is 0 Å². The quantitative estimate of drug-likeness (QED) is 0.435. The molecule has 0 unspecified atom stereocenters. The van der Waals surface area contributed by atoms with E-state index in [1.807, 2.05) is 41.0 Å². The SMILES string of the molecule is CCn1c(SCc2coc(-c3ccc(OC)cc3)n2)nnc1-c1ccco1. The van der Waals surface area contributed by atoms with E-state index in [4.69, 9.17) is 13.6 Å². The lowest BCUT2D eigenvalue weighted by molar-refractivity contribution is 0.415. The summed E-state index contributed by atoms with van der Waals surface area (Å²) < 4.78 is 18.2. The first-order valence-electron chi connectivity index (χ1n) is 8.47.